The van der Waals surface area contributed by atoms with E-state index in [1.54, 1.807) is 20.8 Å². The van der Waals surface area contributed by atoms with Crippen LogP contribution in [-0.4, -0.2) is 370 Å². The zero-order valence-corrected chi connectivity index (χ0v) is 80.3. The molecule has 52 nitrogen and oxygen atoms in total. The summed E-state index contributed by atoms with van der Waals surface area (Å²) < 4.78 is 212. The summed E-state index contributed by atoms with van der Waals surface area (Å²) in [6.07, 6.45) is -10.2. The summed E-state index contributed by atoms with van der Waals surface area (Å²) in [5.74, 6) is -2.62. The van der Waals surface area contributed by atoms with Gasteiger partial charge in [0.1, 0.15) is 79.0 Å². The summed E-state index contributed by atoms with van der Waals surface area (Å²) in [5.41, 5.74) is -0.323. The van der Waals surface area contributed by atoms with Crippen LogP contribution in [0.4, 0.5) is 0 Å². The molecule has 0 spiro atoms. The number of rotatable bonds is 74. The van der Waals surface area contributed by atoms with E-state index in [2.05, 4.69) is 20.3 Å². The van der Waals surface area contributed by atoms with E-state index in [0.29, 0.717) is 93.9 Å². The number of aryl methyl sites for hydroxylation is 1. The molecule has 2 aromatic rings. The first-order chi connectivity index (χ1) is 62.6. The molecular formula is C74H139N5O47P6. The lowest BCUT2D eigenvalue weighted by Crippen LogP contribution is -2.64. The number of phosphoric acid groups is 6. The van der Waals surface area contributed by atoms with Crippen LogP contribution >= 0.6 is 46.9 Å². The third-order valence-electron chi connectivity index (χ3n) is 20.8. The first-order valence-corrected chi connectivity index (χ1v) is 52.6. The van der Waals surface area contributed by atoms with Gasteiger partial charge in [0.25, 0.3) is 0 Å². The Hall–Kier alpha value is -2.20. The lowest BCUT2D eigenvalue weighted by molar-refractivity contribution is -0.282. The minimum Gasteiger partial charge on any atom is -0.396 e. The first kappa shape index (κ1) is 119. The van der Waals surface area contributed by atoms with E-state index < -0.39 is 286 Å². The highest BCUT2D eigenvalue weighted by Crippen LogP contribution is 2.52. The average molecular weight is 2040 g/mol. The largest absolute Gasteiger partial charge is 0.474 e. The molecule has 0 bridgehead atoms. The normalized spacial score (nSPS) is 28.4. The zero-order valence-electron chi connectivity index (χ0n) is 75.0. The number of hydrogen-bond acceptors (Lipinski definition) is 44. The number of hydrogen-bond donors (Lipinski definition) is 17. The van der Waals surface area contributed by atoms with Crippen LogP contribution in [0.5, 0.6) is 0 Å². The van der Waals surface area contributed by atoms with Crippen LogP contribution in [0.25, 0.3) is 11.2 Å². The Labute approximate surface area is 765 Å². The third kappa shape index (κ3) is 43.7. The van der Waals surface area contributed by atoms with Crippen molar-refractivity contribution < 1.29 is 224 Å². The standard InChI is InChI=1S/C74H139N5O47P6/c1-50(2)125-131(99,100)117-41-60-56(34-61(121-60)79-47-77-62-53(5)75-46-76-70(62)79)126-132(101,102)120-49-107-40-55(35-80)39-106-48-119-130(97,98)118-45-74(42-103-22-19-31-114-127(91,92)111-28-16-10-7-13-25-108-71-51(3)64(85)66(87)57(36-81)122-71,43-104-23-20-32-115-128(93,94)112-29-17-11-8-14-26-109-72-52(4)65(86)67(88)58(37-82)123-72)44-105-24-21-33-116-129(95,96)113-30-18-12-9-15-27-110-73-63(78-54(6)84)69(90)68(89)59(38-83)124-73/h46-47,50-52,55-61,63-69,71-73,80-83,85-90H,7-45,48-49H2,1-6H3,(H,78,84)(H,91,92)(H,93,94)(H,95,96)(H,97,98)(H,99,100)(H,101,102)/t51?,52?,55?,56-,57?,58?,59?,60+,61+,63?,64+,65+,66-,67-,68-,69+,71+,72+,73+,74?/m0/s1. The van der Waals surface area contributed by atoms with E-state index in [1.807, 2.05) is 0 Å². The summed E-state index contributed by atoms with van der Waals surface area (Å²) >= 11 is 0. The van der Waals surface area contributed by atoms with E-state index in [-0.39, 0.29) is 85.1 Å². The molecule has 6 heterocycles. The van der Waals surface area contributed by atoms with Gasteiger partial charge in [-0.1, -0.05) is 52.4 Å². The summed E-state index contributed by atoms with van der Waals surface area (Å²) in [6, 6.07) is -1.13. The third-order valence-corrected chi connectivity index (χ3v) is 26.9. The van der Waals surface area contributed by atoms with E-state index >= 15 is 0 Å². The number of nitrogens with zero attached hydrogens (tertiary/aromatic N) is 4. The number of ether oxygens (including phenoxy) is 12. The molecule has 58 heteroatoms. The highest BCUT2D eigenvalue weighted by Gasteiger charge is 2.49. The van der Waals surface area contributed by atoms with E-state index in [0.717, 1.165) is 0 Å². The van der Waals surface area contributed by atoms with Gasteiger partial charge >= 0.3 is 46.9 Å². The van der Waals surface area contributed by atoms with Crippen molar-refractivity contribution in [2.75, 3.05) is 166 Å². The number of carbonyl (C=O) groups excluding carboxylic acids is 1. The Morgan fingerprint density at radius 2 is 0.864 bits per heavy atom. The second-order valence-corrected chi connectivity index (χ2v) is 40.9. The Bertz CT molecular complexity index is 3760. The molecule has 25 atom stereocenters. The molecule has 772 valence electrons. The maximum atomic E-state index is 13.8. The highest BCUT2D eigenvalue weighted by atomic mass is 31.2. The maximum absolute atomic E-state index is 13.8. The highest BCUT2D eigenvalue weighted by molar-refractivity contribution is 7.48. The smallest absolute Gasteiger partial charge is 0.396 e. The molecule has 0 aromatic carbocycles. The van der Waals surface area contributed by atoms with Crippen LogP contribution in [0.3, 0.4) is 0 Å². The first-order valence-electron chi connectivity index (χ1n) is 43.7. The molecule has 13 unspecified atom stereocenters. The van der Waals surface area contributed by atoms with Gasteiger partial charge in [0, 0.05) is 70.7 Å². The van der Waals surface area contributed by atoms with Gasteiger partial charge in [-0.05, 0) is 78.6 Å². The molecule has 1 amide bonds. The number of nitrogens with one attached hydrogen (secondary N) is 1. The van der Waals surface area contributed by atoms with Crippen molar-refractivity contribution in [3.8, 4) is 0 Å². The molecule has 2 aromatic heterocycles. The van der Waals surface area contributed by atoms with Crippen LogP contribution in [0.2, 0.25) is 0 Å². The van der Waals surface area contributed by atoms with Crippen LogP contribution in [-0.2, 0) is 143 Å². The van der Waals surface area contributed by atoms with Gasteiger partial charge in [-0.3, -0.25) is 63.6 Å². The number of unbranched alkanes of at least 4 members (excludes halogenated alkanes) is 9. The summed E-state index contributed by atoms with van der Waals surface area (Å²) in [4.78, 5) is 88.4. The topological polar surface area (TPSA) is 720 Å². The van der Waals surface area contributed by atoms with Crippen molar-refractivity contribution in [1.82, 2.24) is 24.8 Å². The van der Waals surface area contributed by atoms with Gasteiger partial charge in [0.15, 0.2) is 38.1 Å². The minimum atomic E-state index is -5.20. The van der Waals surface area contributed by atoms with Crippen molar-refractivity contribution in [3.63, 3.8) is 0 Å². The fraction of sp³-hybridized carbons (Fsp3) is 0.919. The minimum absolute atomic E-state index is 0.0587. The van der Waals surface area contributed by atoms with Crippen molar-refractivity contribution >= 4 is 64.0 Å². The summed E-state index contributed by atoms with van der Waals surface area (Å²) in [5, 5.41) is 103. The number of imidazole rings is 1. The van der Waals surface area contributed by atoms with Crippen molar-refractivity contribution in [3.05, 3.63) is 18.3 Å². The quantitative estimate of drug-likeness (QED) is 0.0257. The Morgan fingerprint density at radius 1 is 0.462 bits per heavy atom. The van der Waals surface area contributed by atoms with Gasteiger partial charge in [0.05, 0.1) is 148 Å². The second-order valence-electron chi connectivity index (χ2n) is 32.2. The van der Waals surface area contributed by atoms with Gasteiger partial charge < -0.3 is 143 Å². The number of phosphoric ester groups is 6. The number of amides is 1. The van der Waals surface area contributed by atoms with Crippen LogP contribution < -0.4 is 5.32 Å². The number of aliphatic hydroxyl groups is 10. The fourth-order valence-corrected chi connectivity index (χ4v) is 18.4. The van der Waals surface area contributed by atoms with Crippen LogP contribution in [0.1, 0.15) is 149 Å². The van der Waals surface area contributed by atoms with Crippen LogP contribution in [0.15, 0.2) is 12.7 Å². The number of aromatic nitrogens is 4. The fourth-order valence-electron chi connectivity index (χ4n) is 13.5. The Balaban J connectivity index is 1.03. The monoisotopic (exact) mass is 2040 g/mol. The molecular weight excluding hydrogens is 1900 g/mol. The van der Waals surface area contributed by atoms with Gasteiger partial charge in [-0.25, -0.2) is 42.3 Å². The molecule has 0 radical (unpaired) electrons. The summed E-state index contributed by atoms with van der Waals surface area (Å²) in [6.45, 7) is -0.638. The average Bonchev–Trinajstić information content (AvgIpc) is 1.63. The van der Waals surface area contributed by atoms with E-state index in [9.17, 15) is 113 Å². The molecule has 4 aliphatic heterocycles. The van der Waals surface area contributed by atoms with E-state index in [1.165, 1.54) is 38.0 Å². The van der Waals surface area contributed by atoms with Crippen molar-refractivity contribution in [2.24, 2.45) is 23.2 Å². The predicted octanol–water partition coefficient (Wildman–Crippen LogP) is 2.59. The van der Waals surface area contributed by atoms with Crippen molar-refractivity contribution in [2.45, 2.75) is 249 Å². The molecule has 17 N–H and O–H groups in total. The predicted molar refractivity (Wildman–Crippen MR) is 452 cm³/mol. The van der Waals surface area contributed by atoms with Gasteiger partial charge in [0.2, 0.25) is 5.91 Å². The molecule has 4 saturated heterocycles. The molecule has 4 aliphatic rings. The molecule has 0 saturated carbocycles. The van der Waals surface area contributed by atoms with Crippen LogP contribution in [0, 0.1) is 30.1 Å². The van der Waals surface area contributed by atoms with Gasteiger partial charge in [-0.2, -0.15) is 0 Å². The number of fused-ring (bicyclic) bond motifs is 1. The van der Waals surface area contributed by atoms with E-state index in [4.69, 9.17) is 111 Å². The Morgan fingerprint density at radius 3 is 1.29 bits per heavy atom. The second kappa shape index (κ2) is 60.9. The number of carbonyl (C=O) groups is 1. The van der Waals surface area contributed by atoms with Crippen molar-refractivity contribution in [1.29, 1.82) is 0 Å². The molecule has 6 rings (SSSR count). The molecule has 4 fully saturated rings. The Kier molecular flexibility index (Phi) is 54.7. The molecule has 132 heavy (non-hydrogen) atoms. The lowest BCUT2D eigenvalue weighted by atomic mass is 9.92. The SMILES string of the molecule is CC(=O)NC1[C@H](OCCCCCCOP(=O)(O)OCCCOCC(COCCCOP(=O)(O)OCCCCCCO[C@@H]2OC(CO)[C@H](O)[C@H](O)C2C)(COCCCOP(=O)(O)OCCCCCCO[C@@H]2OC(CO)[C@H](O)[C@H](O)C2C)COP(=O)(O)OCOCC(CO)COCOP(=O)(O)O[C@H]2C[C@H](n3cnc4c(C)ncnc43)O[C@@H]2COP(=O)(O)OC(C)C)OC(CO)[C@H](O)[C@@H]1O. The lowest BCUT2D eigenvalue weighted by Gasteiger charge is -2.42. The van der Waals surface area contributed by atoms with Gasteiger partial charge in [-0.15, -0.1) is 0 Å². The maximum Gasteiger partial charge on any atom is 0.474 e. The summed E-state index contributed by atoms with van der Waals surface area (Å²) in [7, 11) is -28.8. The molecule has 0 aliphatic carbocycles. The zero-order chi connectivity index (χ0) is 97.1. The number of aliphatic hydroxyl groups excluding tert-OH is 10.